The van der Waals surface area contributed by atoms with E-state index in [1.807, 2.05) is 38.1 Å². The van der Waals surface area contributed by atoms with E-state index in [1.54, 1.807) is 12.1 Å². The summed E-state index contributed by atoms with van der Waals surface area (Å²) in [5, 5.41) is 14.7. The van der Waals surface area contributed by atoms with Crippen LogP contribution in [-0.2, 0) is 4.79 Å². The van der Waals surface area contributed by atoms with Crippen molar-refractivity contribution in [2.45, 2.75) is 13.8 Å². The normalized spacial score (nSPS) is 10.4. The number of rotatable bonds is 10. The lowest BCUT2D eigenvalue weighted by Crippen LogP contribution is -2.27. The zero-order chi connectivity index (χ0) is 21.1. The van der Waals surface area contributed by atoms with E-state index in [-0.39, 0.29) is 11.5 Å². The second kappa shape index (κ2) is 11.3. The van der Waals surface area contributed by atoms with Crippen molar-refractivity contribution in [1.82, 2.24) is 5.32 Å². The highest BCUT2D eigenvalue weighted by atomic mass is 19.1. The van der Waals surface area contributed by atoms with Gasteiger partial charge in [0, 0.05) is 19.2 Å². The summed E-state index contributed by atoms with van der Waals surface area (Å²) < 4.78 is 24.6. The molecule has 0 radical (unpaired) electrons. The van der Waals surface area contributed by atoms with Crippen molar-refractivity contribution in [2.24, 2.45) is 0 Å². The lowest BCUT2D eigenvalue weighted by Gasteiger charge is -2.11. The molecule has 1 amide bonds. The Morgan fingerprint density at radius 3 is 2.62 bits per heavy atom. The molecule has 0 aliphatic heterocycles. The predicted octanol–water partition coefficient (Wildman–Crippen LogP) is 3.74. The molecule has 0 unspecified atom stereocenters. The molecule has 2 N–H and O–H groups in total. The fraction of sp³-hybridized carbons (Fsp3) is 0.273. The van der Waals surface area contributed by atoms with Crippen LogP contribution in [0.3, 0.4) is 0 Å². The summed E-state index contributed by atoms with van der Waals surface area (Å²) in [5.74, 6) is 0.449. The first-order valence-corrected chi connectivity index (χ1v) is 9.37. The summed E-state index contributed by atoms with van der Waals surface area (Å²) in [6.45, 7) is 5.52. The van der Waals surface area contributed by atoms with Crippen molar-refractivity contribution in [1.29, 1.82) is 5.26 Å². The van der Waals surface area contributed by atoms with Gasteiger partial charge in [-0.2, -0.15) is 5.26 Å². The largest absolute Gasteiger partial charge is 0.490 e. The molecule has 7 heteroatoms. The van der Waals surface area contributed by atoms with Gasteiger partial charge in [-0.05, 0) is 49.8 Å². The maximum Gasteiger partial charge on any atom is 0.244 e. The van der Waals surface area contributed by atoms with Crippen LogP contribution in [0.5, 0.6) is 11.5 Å². The monoisotopic (exact) mass is 397 g/mol. The van der Waals surface area contributed by atoms with E-state index in [2.05, 4.69) is 10.6 Å². The molecule has 0 spiro atoms. The number of anilines is 1. The molecule has 152 valence electrons. The van der Waals surface area contributed by atoms with E-state index in [0.717, 1.165) is 5.56 Å². The lowest BCUT2D eigenvalue weighted by atomic mass is 10.2. The number of hydrogen-bond acceptors (Lipinski definition) is 5. The van der Waals surface area contributed by atoms with Crippen LogP contribution in [0.2, 0.25) is 0 Å². The summed E-state index contributed by atoms with van der Waals surface area (Å²) in [7, 11) is 0. The second-order valence-electron chi connectivity index (χ2n) is 5.90. The number of nitrogens with one attached hydrogen (secondary N) is 2. The van der Waals surface area contributed by atoms with E-state index in [0.29, 0.717) is 43.5 Å². The zero-order valence-corrected chi connectivity index (χ0v) is 16.5. The van der Waals surface area contributed by atoms with Crippen LogP contribution in [0, 0.1) is 17.1 Å². The molecule has 0 fully saturated rings. The Morgan fingerprint density at radius 2 is 1.90 bits per heavy atom. The standard InChI is InChI=1S/C22H24FN3O3/c1-3-28-20-10-8-16(14-21(20)29-4-2)9-11-22(27)26-13-12-25-19-7-5-6-18(23)17(19)15-24/h5-11,14,25H,3-4,12-13H2,1-2H3,(H,26,27). The van der Waals surface area contributed by atoms with E-state index in [1.165, 1.54) is 18.2 Å². The van der Waals surface area contributed by atoms with Crippen molar-refractivity contribution in [2.75, 3.05) is 31.6 Å². The summed E-state index contributed by atoms with van der Waals surface area (Å²) >= 11 is 0. The third kappa shape index (κ3) is 6.54. The minimum atomic E-state index is -0.578. The predicted molar refractivity (Wildman–Crippen MR) is 110 cm³/mol. The Morgan fingerprint density at radius 1 is 1.14 bits per heavy atom. The summed E-state index contributed by atoms with van der Waals surface area (Å²) in [6, 6.07) is 11.6. The fourth-order valence-corrected chi connectivity index (χ4v) is 2.57. The Kier molecular flexibility index (Phi) is 8.51. The first-order chi connectivity index (χ1) is 14.1. The van der Waals surface area contributed by atoms with Crippen LogP contribution >= 0.6 is 0 Å². The molecular weight excluding hydrogens is 373 g/mol. The second-order valence-corrected chi connectivity index (χ2v) is 5.90. The number of ether oxygens (including phenoxy) is 2. The van der Waals surface area contributed by atoms with E-state index >= 15 is 0 Å². The number of nitriles is 1. The highest BCUT2D eigenvalue weighted by Gasteiger charge is 2.07. The van der Waals surface area contributed by atoms with Gasteiger partial charge in [0.25, 0.3) is 0 Å². The number of hydrogen-bond donors (Lipinski definition) is 2. The number of halogens is 1. The van der Waals surface area contributed by atoms with Crippen LogP contribution in [-0.4, -0.2) is 32.2 Å². The quantitative estimate of drug-likeness (QED) is 0.471. The maximum atomic E-state index is 13.5. The Labute approximate surface area is 169 Å². The van der Waals surface area contributed by atoms with Crippen LogP contribution in [0.15, 0.2) is 42.5 Å². The minimum Gasteiger partial charge on any atom is -0.490 e. The van der Waals surface area contributed by atoms with Gasteiger partial charge >= 0.3 is 0 Å². The topological polar surface area (TPSA) is 83.4 Å². The molecule has 0 atom stereocenters. The third-order valence-corrected chi connectivity index (χ3v) is 3.86. The van der Waals surface area contributed by atoms with Gasteiger partial charge in [0.15, 0.2) is 11.5 Å². The minimum absolute atomic E-state index is 0.0423. The van der Waals surface area contributed by atoms with Gasteiger partial charge in [-0.1, -0.05) is 12.1 Å². The highest BCUT2D eigenvalue weighted by Crippen LogP contribution is 2.29. The molecule has 0 aromatic heterocycles. The molecule has 0 bridgehead atoms. The van der Waals surface area contributed by atoms with Crippen molar-refractivity contribution in [3.05, 3.63) is 59.4 Å². The van der Waals surface area contributed by atoms with Gasteiger partial charge in [-0.3, -0.25) is 4.79 Å². The molecule has 2 aromatic rings. The maximum absolute atomic E-state index is 13.5. The molecule has 2 aromatic carbocycles. The van der Waals surface area contributed by atoms with Gasteiger partial charge < -0.3 is 20.1 Å². The van der Waals surface area contributed by atoms with E-state index in [4.69, 9.17) is 14.7 Å². The fourth-order valence-electron chi connectivity index (χ4n) is 2.57. The first-order valence-electron chi connectivity index (χ1n) is 9.37. The molecular formula is C22H24FN3O3. The molecule has 0 saturated carbocycles. The third-order valence-electron chi connectivity index (χ3n) is 3.86. The molecule has 2 rings (SSSR count). The van der Waals surface area contributed by atoms with Gasteiger partial charge in [0.05, 0.1) is 18.9 Å². The van der Waals surface area contributed by atoms with Crippen LogP contribution in [0.1, 0.15) is 25.0 Å². The van der Waals surface area contributed by atoms with Gasteiger partial charge in [0.1, 0.15) is 17.4 Å². The number of carbonyl (C=O) groups is 1. The number of benzene rings is 2. The van der Waals surface area contributed by atoms with Gasteiger partial charge in [-0.15, -0.1) is 0 Å². The molecule has 29 heavy (non-hydrogen) atoms. The average molecular weight is 397 g/mol. The van der Waals surface area contributed by atoms with E-state index < -0.39 is 5.82 Å². The Balaban J connectivity index is 1.86. The van der Waals surface area contributed by atoms with Gasteiger partial charge in [0.2, 0.25) is 5.91 Å². The summed E-state index contributed by atoms with van der Waals surface area (Å²) in [4.78, 5) is 12.0. The van der Waals surface area contributed by atoms with E-state index in [9.17, 15) is 9.18 Å². The molecule has 0 aliphatic rings. The number of amides is 1. The molecule has 0 aliphatic carbocycles. The summed E-state index contributed by atoms with van der Waals surface area (Å²) in [5.41, 5.74) is 1.16. The van der Waals surface area contributed by atoms with Crippen molar-refractivity contribution >= 4 is 17.7 Å². The van der Waals surface area contributed by atoms with Crippen molar-refractivity contribution < 1.29 is 18.7 Å². The van der Waals surface area contributed by atoms with Crippen molar-refractivity contribution in [3.8, 4) is 17.6 Å². The van der Waals surface area contributed by atoms with Crippen LogP contribution in [0.25, 0.3) is 6.08 Å². The zero-order valence-electron chi connectivity index (χ0n) is 16.5. The Hall–Kier alpha value is -3.53. The Bertz CT molecular complexity index is 907. The first kappa shape index (κ1) is 21.8. The summed E-state index contributed by atoms with van der Waals surface area (Å²) in [6.07, 6.45) is 3.11. The molecule has 6 nitrogen and oxygen atoms in total. The molecule has 0 heterocycles. The van der Waals surface area contributed by atoms with Crippen molar-refractivity contribution in [3.63, 3.8) is 0 Å². The lowest BCUT2D eigenvalue weighted by molar-refractivity contribution is -0.116. The number of nitrogens with zero attached hydrogens (tertiary/aromatic N) is 1. The number of carbonyl (C=O) groups excluding carboxylic acids is 1. The van der Waals surface area contributed by atoms with Crippen LogP contribution in [0.4, 0.5) is 10.1 Å². The highest BCUT2D eigenvalue weighted by molar-refractivity contribution is 5.91. The molecule has 0 saturated heterocycles. The van der Waals surface area contributed by atoms with Crippen LogP contribution < -0.4 is 20.1 Å². The average Bonchev–Trinajstić information content (AvgIpc) is 2.71. The smallest absolute Gasteiger partial charge is 0.244 e. The SMILES string of the molecule is CCOc1ccc(C=CC(=O)NCCNc2cccc(F)c2C#N)cc1OCC. The van der Waals surface area contributed by atoms with Gasteiger partial charge in [-0.25, -0.2) is 4.39 Å².